The minimum atomic E-state index is -4.72. The fraction of sp³-hybridized carbons (Fsp3) is 0.533. The maximum absolute atomic E-state index is 13.6. The summed E-state index contributed by atoms with van der Waals surface area (Å²) in [5.74, 6) is -1.03. The van der Waals surface area contributed by atoms with E-state index in [-0.39, 0.29) is 25.3 Å². The summed E-state index contributed by atoms with van der Waals surface area (Å²) < 4.78 is 57.2. The zero-order valence-corrected chi connectivity index (χ0v) is 12.1. The molecule has 1 unspecified atom stereocenters. The van der Waals surface area contributed by atoms with E-state index in [0.29, 0.717) is 5.56 Å². The van der Waals surface area contributed by atoms with Crippen molar-refractivity contribution in [3.8, 4) is 5.75 Å². The average molecular weight is 333 g/mol. The first kappa shape index (κ1) is 16.0. The monoisotopic (exact) mass is 333 g/mol. The first-order chi connectivity index (χ1) is 10.7. The molecule has 0 saturated carbocycles. The van der Waals surface area contributed by atoms with E-state index >= 15 is 0 Å². The largest absolute Gasteiger partial charge is 0.477 e. The van der Waals surface area contributed by atoms with Crippen LogP contribution in [0.15, 0.2) is 18.2 Å². The average Bonchev–Trinajstić information content (AvgIpc) is 2.92. The van der Waals surface area contributed by atoms with Crippen LogP contribution in [0.3, 0.4) is 0 Å². The van der Waals surface area contributed by atoms with Gasteiger partial charge in [0.2, 0.25) is 0 Å². The van der Waals surface area contributed by atoms with Gasteiger partial charge in [-0.3, -0.25) is 4.79 Å². The second-order valence-electron chi connectivity index (χ2n) is 5.89. The molecule has 1 aromatic carbocycles. The van der Waals surface area contributed by atoms with Gasteiger partial charge in [0.1, 0.15) is 0 Å². The van der Waals surface area contributed by atoms with E-state index in [2.05, 4.69) is 0 Å². The summed E-state index contributed by atoms with van der Waals surface area (Å²) in [6.45, 7) is -0.430. The van der Waals surface area contributed by atoms with Crippen molar-refractivity contribution < 1.29 is 32.2 Å². The number of alkyl halides is 3. The van der Waals surface area contributed by atoms with E-state index in [4.69, 9.17) is 4.74 Å². The Morgan fingerprint density at radius 3 is 2.52 bits per heavy atom. The number of likely N-dealkylation sites (tertiary alicyclic amines) is 1. The van der Waals surface area contributed by atoms with E-state index in [9.17, 15) is 27.5 Å². The molecule has 0 spiro atoms. The van der Waals surface area contributed by atoms with Gasteiger partial charge in [-0.1, -0.05) is 12.1 Å². The molecular weight excluding hydrogens is 318 g/mol. The summed E-state index contributed by atoms with van der Waals surface area (Å²) in [5, 5.41) is 9.61. The standard InChI is InChI=1S/C15H15F4NO3/c16-10-3-1-2-9-8-11(23-12(9)10)13(21)20-6-4-14(22,5-7-20)15(17,18)19/h1-3,11,22H,4-8H2. The van der Waals surface area contributed by atoms with Crippen molar-refractivity contribution in [3.05, 3.63) is 29.6 Å². The first-order valence-corrected chi connectivity index (χ1v) is 7.23. The SMILES string of the molecule is O=C(C1Cc2cccc(F)c2O1)N1CCC(O)(C(F)(F)F)CC1. The third-order valence-corrected chi connectivity index (χ3v) is 4.42. The number of fused-ring (bicyclic) bond motifs is 1. The van der Waals surface area contributed by atoms with Crippen molar-refractivity contribution in [1.82, 2.24) is 4.90 Å². The maximum atomic E-state index is 13.6. The third-order valence-electron chi connectivity index (χ3n) is 4.42. The second-order valence-corrected chi connectivity index (χ2v) is 5.89. The van der Waals surface area contributed by atoms with Crippen LogP contribution in [0.4, 0.5) is 17.6 Å². The number of halogens is 4. The molecule has 1 aromatic rings. The van der Waals surface area contributed by atoms with Crippen molar-refractivity contribution >= 4 is 5.91 Å². The van der Waals surface area contributed by atoms with Gasteiger partial charge < -0.3 is 14.7 Å². The second kappa shape index (κ2) is 5.36. The van der Waals surface area contributed by atoms with E-state index < -0.39 is 42.4 Å². The molecule has 0 aliphatic carbocycles. The fourth-order valence-corrected chi connectivity index (χ4v) is 2.95. The molecule has 2 aliphatic heterocycles. The van der Waals surface area contributed by atoms with E-state index in [0.717, 1.165) is 0 Å². The Labute approximate surface area is 129 Å². The van der Waals surface area contributed by atoms with E-state index in [1.165, 1.54) is 17.0 Å². The lowest BCUT2D eigenvalue weighted by Gasteiger charge is -2.39. The molecule has 126 valence electrons. The molecule has 23 heavy (non-hydrogen) atoms. The lowest BCUT2D eigenvalue weighted by molar-refractivity contribution is -0.272. The fourth-order valence-electron chi connectivity index (χ4n) is 2.95. The number of ether oxygens (including phenoxy) is 1. The highest BCUT2D eigenvalue weighted by molar-refractivity contribution is 5.82. The molecule has 0 radical (unpaired) electrons. The van der Waals surface area contributed by atoms with Crippen molar-refractivity contribution in [3.63, 3.8) is 0 Å². The highest BCUT2D eigenvalue weighted by atomic mass is 19.4. The quantitative estimate of drug-likeness (QED) is 0.800. The molecule has 1 N–H and O–H groups in total. The van der Waals surface area contributed by atoms with Crippen LogP contribution in [0, 0.1) is 5.82 Å². The number of carbonyl (C=O) groups is 1. The Morgan fingerprint density at radius 1 is 1.30 bits per heavy atom. The number of rotatable bonds is 1. The van der Waals surface area contributed by atoms with Gasteiger partial charge in [0.15, 0.2) is 23.3 Å². The molecule has 0 aromatic heterocycles. The minimum Gasteiger partial charge on any atom is -0.477 e. The zero-order chi connectivity index (χ0) is 16.8. The predicted octanol–water partition coefficient (Wildman–Crippen LogP) is 2.04. The number of hydrogen-bond acceptors (Lipinski definition) is 3. The topological polar surface area (TPSA) is 49.8 Å². The van der Waals surface area contributed by atoms with E-state index in [1.807, 2.05) is 0 Å². The van der Waals surface area contributed by atoms with Crippen LogP contribution >= 0.6 is 0 Å². The zero-order valence-electron chi connectivity index (χ0n) is 12.1. The van der Waals surface area contributed by atoms with Crippen molar-refractivity contribution in [2.24, 2.45) is 0 Å². The van der Waals surface area contributed by atoms with Crippen LogP contribution < -0.4 is 4.74 Å². The lowest BCUT2D eigenvalue weighted by Crippen LogP contribution is -2.56. The Balaban J connectivity index is 1.65. The Kier molecular flexibility index (Phi) is 3.74. The summed E-state index contributed by atoms with van der Waals surface area (Å²) in [5.41, 5.74) is -2.19. The van der Waals surface area contributed by atoms with E-state index in [1.54, 1.807) is 6.07 Å². The van der Waals surface area contributed by atoms with Crippen molar-refractivity contribution in [2.75, 3.05) is 13.1 Å². The third kappa shape index (κ3) is 2.75. The van der Waals surface area contributed by atoms with Crippen LogP contribution in [0.5, 0.6) is 5.75 Å². The Hall–Kier alpha value is -1.83. The Bertz CT molecular complexity index is 624. The van der Waals surface area contributed by atoms with Gasteiger partial charge in [-0.05, 0) is 6.07 Å². The molecule has 1 atom stereocenters. The van der Waals surface area contributed by atoms with Gasteiger partial charge in [-0.25, -0.2) is 4.39 Å². The summed E-state index contributed by atoms with van der Waals surface area (Å²) in [7, 11) is 0. The molecule has 0 bridgehead atoms. The number of aliphatic hydroxyl groups is 1. The van der Waals surface area contributed by atoms with Gasteiger partial charge >= 0.3 is 6.18 Å². The van der Waals surface area contributed by atoms with Gasteiger partial charge in [0.05, 0.1) is 0 Å². The Morgan fingerprint density at radius 2 is 1.96 bits per heavy atom. The molecule has 3 rings (SSSR count). The van der Waals surface area contributed by atoms with Crippen LogP contribution in [-0.4, -0.2) is 46.9 Å². The normalized spacial score (nSPS) is 23.3. The summed E-state index contributed by atoms with van der Waals surface area (Å²) in [6, 6.07) is 4.37. The molecule has 2 heterocycles. The van der Waals surface area contributed by atoms with Gasteiger partial charge in [0, 0.05) is 37.9 Å². The number of piperidine rings is 1. The molecule has 1 saturated heterocycles. The highest BCUT2D eigenvalue weighted by Crippen LogP contribution is 2.39. The number of benzene rings is 1. The number of amides is 1. The lowest BCUT2D eigenvalue weighted by atomic mass is 9.90. The number of para-hydroxylation sites is 1. The molecule has 1 amide bonds. The molecule has 2 aliphatic rings. The smallest absolute Gasteiger partial charge is 0.417 e. The summed E-state index contributed by atoms with van der Waals surface area (Å²) in [6.07, 6.45) is -6.61. The minimum absolute atomic E-state index is 0.0228. The molecule has 8 heteroatoms. The van der Waals surface area contributed by atoms with Crippen LogP contribution in [-0.2, 0) is 11.2 Å². The first-order valence-electron chi connectivity index (χ1n) is 7.23. The van der Waals surface area contributed by atoms with Gasteiger partial charge in [-0.2, -0.15) is 13.2 Å². The van der Waals surface area contributed by atoms with Crippen LogP contribution in [0.1, 0.15) is 18.4 Å². The number of hydrogen-bond donors (Lipinski definition) is 1. The van der Waals surface area contributed by atoms with Crippen molar-refractivity contribution in [2.45, 2.75) is 37.1 Å². The maximum Gasteiger partial charge on any atom is 0.417 e. The summed E-state index contributed by atoms with van der Waals surface area (Å²) in [4.78, 5) is 13.6. The number of carbonyl (C=O) groups excluding carboxylic acids is 1. The number of nitrogens with zero attached hydrogens (tertiary/aromatic N) is 1. The van der Waals surface area contributed by atoms with Crippen molar-refractivity contribution in [1.29, 1.82) is 0 Å². The molecular formula is C15H15F4NO3. The van der Waals surface area contributed by atoms with Crippen LogP contribution in [0.25, 0.3) is 0 Å². The van der Waals surface area contributed by atoms with Gasteiger partial charge in [-0.15, -0.1) is 0 Å². The van der Waals surface area contributed by atoms with Gasteiger partial charge in [0.25, 0.3) is 5.91 Å². The highest BCUT2D eigenvalue weighted by Gasteiger charge is 2.55. The van der Waals surface area contributed by atoms with Crippen LogP contribution in [0.2, 0.25) is 0 Å². The summed E-state index contributed by atoms with van der Waals surface area (Å²) >= 11 is 0. The predicted molar refractivity (Wildman–Crippen MR) is 71.3 cm³/mol. The molecule has 1 fully saturated rings. The molecule has 4 nitrogen and oxygen atoms in total.